The number of ether oxygens (including phenoxy) is 1. The first-order chi connectivity index (χ1) is 7.70. The second-order valence-electron chi connectivity index (χ2n) is 3.88. The topological polar surface area (TPSA) is 69.0 Å². The van der Waals surface area contributed by atoms with E-state index in [4.69, 9.17) is 4.74 Å². The Bertz CT molecular complexity index is 388. The van der Waals surface area contributed by atoms with Crippen LogP contribution in [0.25, 0.3) is 0 Å². The molecule has 88 valence electrons. The van der Waals surface area contributed by atoms with Gasteiger partial charge < -0.3 is 4.74 Å². The van der Waals surface area contributed by atoms with Crippen molar-refractivity contribution < 1.29 is 9.53 Å². The molecule has 2 rings (SSSR count). The van der Waals surface area contributed by atoms with Crippen LogP contribution in [0.15, 0.2) is 0 Å². The Balaban J connectivity index is 2.09. The number of nitrogens with one attached hydrogen (secondary N) is 1. The highest BCUT2D eigenvalue weighted by atomic mass is 16.5. The minimum absolute atomic E-state index is 0.335. The van der Waals surface area contributed by atoms with Crippen molar-refractivity contribution in [2.24, 2.45) is 0 Å². The third kappa shape index (κ3) is 2.15. The molecular weight excluding hydrogens is 208 g/mol. The Hall–Kier alpha value is -1.59. The van der Waals surface area contributed by atoms with E-state index in [0.29, 0.717) is 18.6 Å². The third-order valence-electron chi connectivity index (χ3n) is 2.63. The van der Waals surface area contributed by atoms with Gasteiger partial charge in [-0.05, 0) is 26.7 Å². The summed E-state index contributed by atoms with van der Waals surface area (Å²) in [5.41, 5.74) is 0. The summed E-state index contributed by atoms with van der Waals surface area (Å²) in [5, 5.41) is 6.76. The highest BCUT2D eigenvalue weighted by Gasteiger charge is 2.20. The van der Waals surface area contributed by atoms with Crippen LogP contribution in [0, 0.1) is 0 Å². The van der Waals surface area contributed by atoms with Crippen LogP contribution in [0.3, 0.4) is 0 Å². The first-order valence-corrected chi connectivity index (χ1v) is 5.60. The first kappa shape index (κ1) is 10.9. The molecule has 6 nitrogen and oxygen atoms in total. The fourth-order valence-corrected chi connectivity index (χ4v) is 1.87. The van der Waals surface area contributed by atoms with E-state index >= 15 is 0 Å². The number of carbonyl (C=O) groups is 1. The SMILES string of the molecule is CCOC(=O)Nc1nc2n(n1)C(C)CCC2. The number of rotatable bonds is 2. The lowest BCUT2D eigenvalue weighted by Crippen LogP contribution is -2.17. The number of hydrogen-bond acceptors (Lipinski definition) is 4. The molecule has 6 heteroatoms. The van der Waals surface area contributed by atoms with Crippen molar-refractivity contribution in [2.75, 3.05) is 11.9 Å². The molecule has 1 amide bonds. The van der Waals surface area contributed by atoms with Gasteiger partial charge in [0, 0.05) is 6.42 Å². The maximum Gasteiger partial charge on any atom is 0.414 e. The minimum atomic E-state index is -0.502. The smallest absolute Gasteiger partial charge is 0.414 e. The molecule has 1 unspecified atom stereocenters. The van der Waals surface area contributed by atoms with E-state index in [1.165, 1.54) is 0 Å². The first-order valence-electron chi connectivity index (χ1n) is 5.60. The number of fused-ring (bicyclic) bond motifs is 1. The number of aryl methyl sites for hydroxylation is 1. The predicted molar refractivity (Wildman–Crippen MR) is 58.3 cm³/mol. The molecule has 0 aromatic carbocycles. The van der Waals surface area contributed by atoms with E-state index in [9.17, 15) is 4.79 Å². The second kappa shape index (κ2) is 4.51. The quantitative estimate of drug-likeness (QED) is 0.830. The predicted octanol–water partition coefficient (Wildman–Crippen LogP) is 1.74. The standard InChI is InChI=1S/C10H16N4O2/c1-3-16-10(15)12-9-11-8-6-4-5-7(2)14(8)13-9/h7H,3-6H2,1-2H3,(H,12,13,15). The van der Waals surface area contributed by atoms with E-state index in [1.54, 1.807) is 6.92 Å². The van der Waals surface area contributed by atoms with Gasteiger partial charge in [-0.25, -0.2) is 9.48 Å². The maximum atomic E-state index is 11.2. The summed E-state index contributed by atoms with van der Waals surface area (Å²) in [7, 11) is 0. The molecule has 0 bridgehead atoms. The van der Waals surface area contributed by atoms with Gasteiger partial charge in [-0.2, -0.15) is 4.98 Å². The maximum absolute atomic E-state index is 11.2. The van der Waals surface area contributed by atoms with Crippen molar-refractivity contribution >= 4 is 12.0 Å². The van der Waals surface area contributed by atoms with Gasteiger partial charge in [0.15, 0.2) is 0 Å². The van der Waals surface area contributed by atoms with Gasteiger partial charge in [0.1, 0.15) is 5.82 Å². The highest BCUT2D eigenvalue weighted by molar-refractivity contribution is 5.82. The van der Waals surface area contributed by atoms with Crippen LogP contribution in [0.4, 0.5) is 10.7 Å². The van der Waals surface area contributed by atoms with Gasteiger partial charge in [0.2, 0.25) is 0 Å². The van der Waals surface area contributed by atoms with Crippen molar-refractivity contribution in [3.05, 3.63) is 5.82 Å². The Kier molecular flexibility index (Phi) is 3.07. The number of nitrogens with zero attached hydrogens (tertiary/aromatic N) is 3. The van der Waals surface area contributed by atoms with Crippen LogP contribution >= 0.6 is 0 Å². The van der Waals surface area contributed by atoms with Crippen molar-refractivity contribution in [3.8, 4) is 0 Å². The molecule has 1 atom stereocenters. The van der Waals surface area contributed by atoms with Crippen LogP contribution in [0.5, 0.6) is 0 Å². The molecule has 16 heavy (non-hydrogen) atoms. The monoisotopic (exact) mass is 224 g/mol. The molecule has 0 saturated heterocycles. The van der Waals surface area contributed by atoms with Crippen molar-refractivity contribution in [2.45, 2.75) is 39.2 Å². The van der Waals surface area contributed by atoms with Crippen molar-refractivity contribution in [1.29, 1.82) is 0 Å². The van der Waals surface area contributed by atoms with Gasteiger partial charge in [-0.15, -0.1) is 5.10 Å². The fraction of sp³-hybridized carbons (Fsp3) is 0.700. The Morgan fingerprint density at radius 1 is 1.69 bits per heavy atom. The minimum Gasteiger partial charge on any atom is -0.450 e. The zero-order chi connectivity index (χ0) is 11.5. The van der Waals surface area contributed by atoms with E-state index in [2.05, 4.69) is 22.3 Å². The molecule has 2 heterocycles. The van der Waals surface area contributed by atoms with Gasteiger partial charge in [0.25, 0.3) is 5.95 Å². The zero-order valence-corrected chi connectivity index (χ0v) is 9.56. The molecule has 1 aliphatic heterocycles. The van der Waals surface area contributed by atoms with Gasteiger partial charge in [-0.3, -0.25) is 5.32 Å². The second-order valence-corrected chi connectivity index (χ2v) is 3.88. The number of anilines is 1. The molecule has 0 saturated carbocycles. The van der Waals surface area contributed by atoms with E-state index in [1.807, 2.05) is 4.68 Å². The molecule has 1 aromatic rings. The molecule has 0 aliphatic carbocycles. The van der Waals surface area contributed by atoms with Crippen LogP contribution in [-0.4, -0.2) is 27.5 Å². The van der Waals surface area contributed by atoms with Crippen LogP contribution < -0.4 is 5.32 Å². The molecule has 1 aliphatic rings. The Labute approximate surface area is 94.0 Å². The summed E-state index contributed by atoms with van der Waals surface area (Å²) in [5.74, 6) is 1.27. The van der Waals surface area contributed by atoms with Gasteiger partial charge in [-0.1, -0.05) is 0 Å². The molecule has 0 spiro atoms. The van der Waals surface area contributed by atoms with E-state index in [-0.39, 0.29) is 0 Å². The molecule has 1 N–H and O–H groups in total. The van der Waals surface area contributed by atoms with Crippen molar-refractivity contribution in [3.63, 3.8) is 0 Å². The number of carbonyl (C=O) groups excluding carboxylic acids is 1. The summed E-state index contributed by atoms with van der Waals surface area (Å²) in [6.07, 6.45) is 2.65. The lowest BCUT2D eigenvalue weighted by molar-refractivity contribution is 0.167. The number of amides is 1. The summed E-state index contributed by atoms with van der Waals surface area (Å²) in [6.45, 7) is 4.20. The zero-order valence-electron chi connectivity index (χ0n) is 9.56. The van der Waals surface area contributed by atoms with Gasteiger partial charge >= 0.3 is 6.09 Å². The lowest BCUT2D eigenvalue weighted by Gasteiger charge is -2.18. The van der Waals surface area contributed by atoms with Crippen LogP contribution in [0.1, 0.15) is 38.6 Å². The molecular formula is C10H16N4O2. The molecule has 0 radical (unpaired) electrons. The summed E-state index contributed by atoms with van der Waals surface area (Å²) < 4.78 is 6.65. The van der Waals surface area contributed by atoms with E-state index < -0.39 is 6.09 Å². The van der Waals surface area contributed by atoms with Gasteiger partial charge in [0.05, 0.1) is 12.6 Å². The highest BCUT2D eigenvalue weighted by Crippen LogP contribution is 2.23. The fourth-order valence-electron chi connectivity index (χ4n) is 1.87. The Morgan fingerprint density at radius 2 is 2.50 bits per heavy atom. The van der Waals surface area contributed by atoms with Crippen molar-refractivity contribution in [1.82, 2.24) is 14.8 Å². The van der Waals surface area contributed by atoms with Crippen LogP contribution in [-0.2, 0) is 11.2 Å². The normalized spacial score (nSPS) is 19.0. The van der Waals surface area contributed by atoms with Crippen LogP contribution in [0.2, 0.25) is 0 Å². The average Bonchev–Trinajstić information content (AvgIpc) is 2.62. The summed E-state index contributed by atoms with van der Waals surface area (Å²) in [6, 6.07) is 0.356. The van der Waals surface area contributed by atoms with E-state index in [0.717, 1.165) is 25.1 Å². The molecule has 0 fully saturated rings. The third-order valence-corrected chi connectivity index (χ3v) is 2.63. The number of hydrogen-bond donors (Lipinski definition) is 1. The molecule has 1 aromatic heterocycles. The average molecular weight is 224 g/mol. The Morgan fingerprint density at radius 3 is 3.19 bits per heavy atom. The largest absolute Gasteiger partial charge is 0.450 e. The summed E-state index contributed by atoms with van der Waals surface area (Å²) in [4.78, 5) is 15.4. The number of aromatic nitrogens is 3. The summed E-state index contributed by atoms with van der Waals surface area (Å²) >= 11 is 0. The lowest BCUT2D eigenvalue weighted by atomic mass is 10.1.